The number of alkyl halides is 3. The summed E-state index contributed by atoms with van der Waals surface area (Å²) < 4.78 is 39.2. The van der Waals surface area contributed by atoms with Crippen LogP contribution in [0.3, 0.4) is 0 Å². The number of aromatic nitrogens is 3. The molecule has 1 aliphatic rings. The summed E-state index contributed by atoms with van der Waals surface area (Å²) in [5, 5.41) is 3.94. The van der Waals surface area contributed by atoms with Crippen LogP contribution in [-0.2, 0) is 19.3 Å². The molecule has 0 saturated carbocycles. The Labute approximate surface area is 98.8 Å². The Hall–Kier alpha value is -1.83. The third-order valence-corrected chi connectivity index (χ3v) is 2.94. The Bertz CT molecular complexity index is 685. The molecule has 8 heteroatoms. The van der Waals surface area contributed by atoms with Crippen LogP contribution in [0.25, 0.3) is 5.65 Å². The lowest BCUT2D eigenvalue weighted by Crippen LogP contribution is -2.20. The van der Waals surface area contributed by atoms with E-state index in [9.17, 15) is 18.0 Å². The van der Waals surface area contributed by atoms with Crippen LogP contribution < -0.4 is 5.56 Å². The monoisotopic (exact) mass is 258 g/mol. The second-order valence-corrected chi connectivity index (χ2v) is 4.37. The predicted octanol–water partition coefficient (Wildman–Crippen LogP) is 0.987. The molecule has 5 nitrogen and oxygen atoms in total. The third-order valence-electron chi connectivity index (χ3n) is 2.94. The average molecular weight is 258 g/mol. The minimum atomic E-state index is -4.60. The minimum Gasteiger partial charge on any atom is -0.307 e. The Kier molecular flexibility index (Phi) is 2.10. The number of fused-ring (bicyclic) bond motifs is 3. The zero-order chi connectivity index (χ0) is 13.1. The largest absolute Gasteiger partial charge is 0.433 e. The van der Waals surface area contributed by atoms with Gasteiger partial charge in [-0.15, -0.1) is 0 Å². The van der Waals surface area contributed by atoms with Crippen LogP contribution in [0.4, 0.5) is 13.2 Å². The lowest BCUT2D eigenvalue weighted by Gasteiger charge is -2.10. The van der Waals surface area contributed by atoms with E-state index in [0.717, 1.165) is 4.52 Å². The van der Waals surface area contributed by atoms with E-state index >= 15 is 0 Å². The lowest BCUT2D eigenvalue weighted by atomic mass is 10.3. The van der Waals surface area contributed by atoms with Crippen LogP contribution >= 0.6 is 0 Å². The van der Waals surface area contributed by atoms with Gasteiger partial charge < -0.3 is 4.98 Å². The minimum absolute atomic E-state index is 0.133. The van der Waals surface area contributed by atoms with Crippen LogP contribution in [0.2, 0.25) is 0 Å². The standard InChI is InChI=1S/C10H9F3N4O/c1-16-3-5-6(4-16)15-17-7(10(11,12)13)2-8(18)14-9(5)17/h2H,3-4H2,1H3,(H,14,18). The summed E-state index contributed by atoms with van der Waals surface area (Å²) in [5.41, 5.74) is -0.454. The summed E-state index contributed by atoms with van der Waals surface area (Å²) in [6.45, 7) is 0.965. The molecule has 3 heterocycles. The number of halogens is 3. The van der Waals surface area contributed by atoms with Crippen molar-refractivity contribution in [3.63, 3.8) is 0 Å². The summed E-state index contributed by atoms with van der Waals surface area (Å²) in [7, 11) is 1.84. The van der Waals surface area contributed by atoms with E-state index in [2.05, 4.69) is 10.1 Å². The maximum absolute atomic E-state index is 12.8. The SMILES string of the molecule is CN1Cc2nn3c(C(F)(F)F)cc(=O)[nH]c3c2C1. The van der Waals surface area contributed by atoms with Crippen LogP contribution in [0.5, 0.6) is 0 Å². The molecule has 1 N–H and O–H groups in total. The molecular formula is C10H9F3N4O. The molecule has 2 aromatic heterocycles. The van der Waals surface area contributed by atoms with Gasteiger partial charge in [0.05, 0.1) is 5.69 Å². The quantitative estimate of drug-likeness (QED) is 0.766. The van der Waals surface area contributed by atoms with E-state index in [-0.39, 0.29) is 5.65 Å². The van der Waals surface area contributed by atoms with Gasteiger partial charge in [-0.3, -0.25) is 9.69 Å². The number of rotatable bonds is 0. The molecule has 0 spiro atoms. The van der Waals surface area contributed by atoms with Gasteiger partial charge in [0.15, 0.2) is 5.69 Å². The summed E-state index contributed by atoms with van der Waals surface area (Å²) in [6.07, 6.45) is -4.60. The van der Waals surface area contributed by atoms with E-state index in [4.69, 9.17) is 0 Å². The van der Waals surface area contributed by atoms with Crippen LogP contribution in [0.15, 0.2) is 10.9 Å². The van der Waals surface area contributed by atoms with E-state index in [0.29, 0.717) is 30.4 Å². The van der Waals surface area contributed by atoms with E-state index < -0.39 is 17.4 Å². The average Bonchev–Trinajstić information content (AvgIpc) is 2.72. The molecule has 0 bridgehead atoms. The van der Waals surface area contributed by atoms with Crippen LogP contribution in [0.1, 0.15) is 17.0 Å². The first-order valence-corrected chi connectivity index (χ1v) is 5.26. The smallest absolute Gasteiger partial charge is 0.307 e. The van der Waals surface area contributed by atoms with Crippen LogP contribution in [-0.4, -0.2) is 26.5 Å². The lowest BCUT2D eigenvalue weighted by molar-refractivity contribution is -0.142. The van der Waals surface area contributed by atoms with E-state index in [1.807, 2.05) is 11.9 Å². The van der Waals surface area contributed by atoms with Gasteiger partial charge in [-0.05, 0) is 7.05 Å². The summed E-state index contributed by atoms with van der Waals surface area (Å²) in [6, 6.07) is 0.527. The maximum atomic E-state index is 12.8. The Morgan fingerprint density at radius 2 is 2.11 bits per heavy atom. The topological polar surface area (TPSA) is 53.4 Å². The number of nitrogens with zero attached hydrogens (tertiary/aromatic N) is 3. The molecule has 0 aliphatic carbocycles. The van der Waals surface area contributed by atoms with Crippen molar-refractivity contribution in [1.82, 2.24) is 19.5 Å². The fraction of sp³-hybridized carbons (Fsp3) is 0.400. The predicted molar refractivity (Wildman–Crippen MR) is 56.0 cm³/mol. The second kappa shape index (κ2) is 3.35. The molecule has 18 heavy (non-hydrogen) atoms. The van der Waals surface area contributed by atoms with Crippen molar-refractivity contribution in [3.8, 4) is 0 Å². The van der Waals surface area contributed by atoms with Crippen molar-refractivity contribution in [3.05, 3.63) is 33.4 Å². The molecule has 0 saturated heterocycles. The normalized spacial score (nSPS) is 16.4. The van der Waals surface area contributed by atoms with Crippen molar-refractivity contribution >= 4 is 5.65 Å². The van der Waals surface area contributed by atoms with Crippen molar-refractivity contribution in [2.75, 3.05) is 7.05 Å². The fourth-order valence-corrected chi connectivity index (χ4v) is 2.21. The molecule has 0 amide bonds. The molecule has 0 unspecified atom stereocenters. The molecule has 96 valence electrons. The van der Waals surface area contributed by atoms with Crippen LogP contribution in [0, 0.1) is 0 Å². The summed E-state index contributed by atoms with van der Waals surface area (Å²) >= 11 is 0. The van der Waals surface area contributed by atoms with E-state index in [1.165, 1.54) is 0 Å². The highest BCUT2D eigenvalue weighted by molar-refractivity contribution is 5.52. The van der Waals surface area contributed by atoms with Gasteiger partial charge in [0.25, 0.3) is 5.56 Å². The molecule has 3 rings (SSSR count). The fourth-order valence-electron chi connectivity index (χ4n) is 2.21. The van der Waals surface area contributed by atoms with Crippen molar-refractivity contribution < 1.29 is 13.2 Å². The molecule has 0 atom stereocenters. The van der Waals surface area contributed by atoms with Gasteiger partial charge >= 0.3 is 6.18 Å². The van der Waals surface area contributed by atoms with Gasteiger partial charge in [0.1, 0.15) is 5.65 Å². The number of H-pyrrole nitrogens is 1. The zero-order valence-corrected chi connectivity index (χ0v) is 9.38. The summed E-state index contributed by atoms with van der Waals surface area (Å²) in [5.74, 6) is 0. The molecule has 0 aromatic carbocycles. The van der Waals surface area contributed by atoms with Crippen molar-refractivity contribution in [2.24, 2.45) is 0 Å². The molecule has 1 aliphatic heterocycles. The second-order valence-electron chi connectivity index (χ2n) is 4.37. The number of aromatic amines is 1. The summed E-state index contributed by atoms with van der Waals surface area (Å²) in [4.78, 5) is 15.7. The van der Waals surface area contributed by atoms with Gasteiger partial charge in [-0.25, -0.2) is 4.52 Å². The third kappa shape index (κ3) is 1.52. The Morgan fingerprint density at radius 1 is 1.39 bits per heavy atom. The highest BCUT2D eigenvalue weighted by Crippen LogP contribution is 2.31. The van der Waals surface area contributed by atoms with Gasteiger partial charge in [0, 0.05) is 24.7 Å². The molecular weight excluding hydrogens is 249 g/mol. The number of hydrogen-bond donors (Lipinski definition) is 1. The molecule has 0 fully saturated rings. The number of nitrogens with one attached hydrogen (secondary N) is 1. The highest BCUT2D eigenvalue weighted by Gasteiger charge is 2.36. The maximum Gasteiger partial charge on any atom is 0.433 e. The first kappa shape index (κ1) is 11.3. The Morgan fingerprint density at radius 3 is 2.78 bits per heavy atom. The van der Waals surface area contributed by atoms with Crippen molar-refractivity contribution in [2.45, 2.75) is 19.3 Å². The zero-order valence-electron chi connectivity index (χ0n) is 9.38. The van der Waals surface area contributed by atoms with Crippen molar-refractivity contribution in [1.29, 1.82) is 0 Å². The van der Waals surface area contributed by atoms with Gasteiger partial charge in [-0.1, -0.05) is 0 Å². The molecule has 0 radical (unpaired) electrons. The van der Waals surface area contributed by atoms with Gasteiger partial charge in [-0.2, -0.15) is 18.3 Å². The Balaban J connectivity index is 2.35. The molecule has 2 aromatic rings. The number of hydrogen-bond acceptors (Lipinski definition) is 3. The van der Waals surface area contributed by atoms with E-state index in [1.54, 1.807) is 0 Å². The first-order valence-electron chi connectivity index (χ1n) is 5.26. The van der Waals surface area contributed by atoms with Gasteiger partial charge in [0.2, 0.25) is 0 Å². The first-order chi connectivity index (χ1) is 8.36. The highest BCUT2D eigenvalue weighted by atomic mass is 19.4.